The van der Waals surface area contributed by atoms with Gasteiger partial charge in [0.25, 0.3) is 5.91 Å². The summed E-state index contributed by atoms with van der Waals surface area (Å²) in [5, 5.41) is 0. The van der Waals surface area contributed by atoms with Gasteiger partial charge in [0.05, 0.1) is 24.9 Å². The highest BCUT2D eigenvalue weighted by atomic mass is 16.5. The van der Waals surface area contributed by atoms with E-state index in [1.807, 2.05) is 24.8 Å². The maximum atomic E-state index is 12.8. The maximum Gasteiger partial charge on any atom is 0.257 e. The Kier molecular flexibility index (Phi) is 5.35. The molecular weight excluding hydrogens is 296 g/mol. The number of amides is 1. The number of rotatable bonds is 3. The molecule has 128 valence electrons. The molecule has 1 aromatic heterocycles. The third-order valence-electron chi connectivity index (χ3n) is 4.47. The number of morpholine rings is 1. The molecule has 0 aromatic carbocycles. The number of carbonyl (C=O) groups excluding carboxylic acids is 1. The van der Waals surface area contributed by atoms with Crippen LogP contribution >= 0.6 is 0 Å². The number of ether oxygens (including phenoxy) is 2. The molecule has 1 aromatic rings. The monoisotopic (exact) mass is 322 g/mol. The summed E-state index contributed by atoms with van der Waals surface area (Å²) < 4.78 is 16.9. The zero-order chi connectivity index (χ0) is 16.2. The van der Waals surface area contributed by atoms with Gasteiger partial charge in [-0.1, -0.05) is 0 Å². The van der Waals surface area contributed by atoms with E-state index >= 15 is 0 Å². The van der Waals surface area contributed by atoms with Crippen LogP contribution in [0.3, 0.4) is 0 Å². The Morgan fingerprint density at radius 1 is 1.22 bits per heavy atom. The molecule has 2 saturated heterocycles. The smallest absolute Gasteiger partial charge is 0.257 e. The molecule has 6 heteroatoms. The van der Waals surface area contributed by atoms with Crippen molar-refractivity contribution in [3.8, 4) is 0 Å². The molecular formula is C17H26N2O4. The fourth-order valence-electron chi connectivity index (χ4n) is 3.28. The van der Waals surface area contributed by atoms with Crippen molar-refractivity contribution < 1.29 is 18.7 Å². The highest BCUT2D eigenvalue weighted by molar-refractivity contribution is 5.95. The third kappa shape index (κ3) is 4.13. The first-order valence-corrected chi connectivity index (χ1v) is 8.41. The van der Waals surface area contributed by atoms with Gasteiger partial charge in [-0.3, -0.25) is 9.69 Å². The number of furan rings is 1. The van der Waals surface area contributed by atoms with Crippen LogP contribution in [-0.2, 0) is 9.47 Å². The fourth-order valence-corrected chi connectivity index (χ4v) is 3.28. The van der Waals surface area contributed by atoms with Crippen molar-refractivity contribution in [2.45, 2.75) is 26.4 Å². The topological polar surface area (TPSA) is 55.2 Å². The van der Waals surface area contributed by atoms with Crippen molar-refractivity contribution in [2.24, 2.45) is 0 Å². The summed E-state index contributed by atoms with van der Waals surface area (Å²) in [7, 11) is 0. The molecule has 2 aliphatic rings. The summed E-state index contributed by atoms with van der Waals surface area (Å²) in [6.45, 7) is 10.1. The minimum Gasteiger partial charge on any atom is -0.466 e. The average Bonchev–Trinajstić information content (AvgIpc) is 2.74. The van der Waals surface area contributed by atoms with E-state index in [9.17, 15) is 4.79 Å². The molecule has 1 atom stereocenters. The first-order valence-electron chi connectivity index (χ1n) is 8.41. The highest BCUT2D eigenvalue weighted by Gasteiger charge is 2.27. The summed E-state index contributed by atoms with van der Waals surface area (Å²) in [5.41, 5.74) is 0.675. The Labute approximate surface area is 137 Å². The standard InChI is InChI=1S/C17H26N2O4/c1-13-10-16(14(2)23-13)17(20)19-4-3-7-22-15(12-19)11-18-5-8-21-9-6-18/h10,15H,3-9,11-12H2,1-2H3/t15-/m1/s1. The van der Waals surface area contributed by atoms with E-state index in [1.54, 1.807) is 0 Å². The molecule has 1 amide bonds. The van der Waals surface area contributed by atoms with Crippen LogP contribution in [0.4, 0.5) is 0 Å². The van der Waals surface area contributed by atoms with Gasteiger partial charge in [-0.05, 0) is 26.3 Å². The lowest BCUT2D eigenvalue weighted by molar-refractivity contribution is -0.0112. The van der Waals surface area contributed by atoms with Crippen LogP contribution in [0.1, 0.15) is 28.3 Å². The van der Waals surface area contributed by atoms with Crippen molar-refractivity contribution in [3.05, 3.63) is 23.2 Å². The predicted octanol–water partition coefficient (Wildman–Crippen LogP) is 1.46. The number of hydrogen-bond donors (Lipinski definition) is 0. The van der Waals surface area contributed by atoms with Gasteiger partial charge in [0, 0.05) is 39.3 Å². The minimum atomic E-state index is 0.0526. The predicted molar refractivity (Wildman–Crippen MR) is 85.7 cm³/mol. The lowest BCUT2D eigenvalue weighted by Gasteiger charge is -2.31. The van der Waals surface area contributed by atoms with Crippen LogP contribution in [-0.4, -0.2) is 74.4 Å². The zero-order valence-corrected chi connectivity index (χ0v) is 14.0. The second kappa shape index (κ2) is 7.47. The summed E-state index contributed by atoms with van der Waals surface area (Å²) >= 11 is 0. The van der Waals surface area contributed by atoms with Gasteiger partial charge in [-0.25, -0.2) is 0 Å². The molecule has 0 radical (unpaired) electrons. The Bertz CT molecular complexity index is 537. The van der Waals surface area contributed by atoms with E-state index in [-0.39, 0.29) is 12.0 Å². The molecule has 23 heavy (non-hydrogen) atoms. The van der Waals surface area contributed by atoms with Crippen molar-refractivity contribution >= 4 is 5.91 Å². The van der Waals surface area contributed by atoms with Gasteiger partial charge in [-0.2, -0.15) is 0 Å². The lowest BCUT2D eigenvalue weighted by atomic mass is 10.2. The van der Waals surface area contributed by atoms with Crippen LogP contribution < -0.4 is 0 Å². The van der Waals surface area contributed by atoms with E-state index in [0.717, 1.165) is 51.6 Å². The summed E-state index contributed by atoms with van der Waals surface area (Å²) in [4.78, 5) is 17.1. The van der Waals surface area contributed by atoms with Gasteiger partial charge in [0.2, 0.25) is 0 Å². The van der Waals surface area contributed by atoms with Crippen LogP contribution in [0.25, 0.3) is 0 Å². The minimum absolute atomic E-state index is 0.0526. The van der Waals surface area contributed by atoms with Crippen molar-refractivity contribution in [3.63, 3.8) is 0 Å². The van der Waals surface area contributed by atoms with Crippen molar-refractivity contribution in [1.82, 2.24) is 9.80 Å². The number of nitrogens with zero attached hydrogens (tertiary/aromatic N) is 2. The number of hydrogen-bond acceptors (Lipinski definition) is 5. The molecule has 0 aliphatic carbocycles. The Morgan fingerprint density at radius 2 is 2.00 bits per heavy atom. The van der Waals surface area contributed by atoms with Crippen molar-refractivity contribution in [2.75, 3.05) is 52.5 Å². The normalized spacial score (nSPS) is 23.7. The molecule has 0 N–H and O–H groups in total. The van der Waals surface area contributed by atoms with Crippen LogP contribution in [0.2, 0.25) is 0 Å². The third-order valence-corrected chi connectivity index (χ3v) is 4.47. The quantitative estimate of drug-likeness (QED) is 0.843. The second-order valence-corrected chi connectivity index (χ2v) is 6.34. The highest BCUT2D eigenvalue weighted by Crippen LogP contribution is 2.18. The first kappa shape index (κ1) is 16.5. The van der Waals surface area contributed by atoms with Gasteiger partial charge < -0.3 is 18.8 Å². The maximum absolute atomic E-state index is 12.8. The van der Waals surface area contributed by atoms with Gasteiger partial charge in [0.1, 0.15) is 11.5 Å². The van der Waals surface area contributed by atoms with Crippen LogP contribution in [0.5, 0.6) is 0 Å². The molecule has 2 aliphatic heterocycles. The Hall–Kier alpha value is -1.37. The largest absolute Gasteiger partial charge is 0.466 e. The van der Waals surface area contributed by atoms with Gasteiger partial charge in [0.15, 0.2) is 0 Å². The SMILES string of the molecule is Cc1cc(C(=O)N2CCCO[C@H](CN3CCOCC3)C2)c(C)o1. The Morgan fingerprint density at radius 3 is 2.70 bits per heavy atom. The van der Waals surface area contributed by atoms with E-state index in [1.165, 1.54) is 0 Å². The molecule has 0 bridgehead atoms. The summed E-state index contributed by atoms with van der Waals surface area (Å²) in [6.07, 6.45) is 0.939. The molecule has 2 fully saturated rings. The van der Waals surface area contributed by atoms with Crippen molar-refractivity contribution in [1.29, 1.82) is 0 Å². The Balaban J connectivity index is 1.64. The first-order chi connectivity index (χ1) is 11.1. The average molecular weight is 322 g/mol. The second-order valence-electron chi connectivity index (χ2n) is 6.34. The molecule has 0 unspecified atom stereocenters. The van der Waals surface area contributed by atoms with E-state index in [0.29, 0.717) is 24.5 Å². The molecule has 0 saturated carbocycles. The number of carbonyl (C=O) groups is 1. The van der Waals surface area contributed by atoms with Gasteiger partial charge in [-0.15, -0.1) is 0 Å². The molecule has 0 spiro atoms. The van der Waals surface area contributed by atoms with E-state index < -0.39 is 0 Å². The molecule has 3 rings (SSSR count). The van der Waals surface area contributed by atoms with Crippen LogP contribution in [0, 0.1) is 13.8 Å². The lowest BCUT2D eigenvalue weighted by Crippen LogP contribution is -2.45. The van der Waals surface area contributed by atoms with Gasteiger partial charge >= 0.3 is 0 Å². The van der Waals surface area contributed by atoms with E-state index in [4.69, 9.17) is 13.9 Å². The molecule has 6 nitrogen and oxygen atoms in total. The fraction of sp³-hybridized carbons (Fsp3) is 0.706. The number of aryl methyl sites for hydroxylation is 2. The summed E-state index contributed by atoms with van der Waals surface area (Å²) in [6, 6.07) is 1.83. The van der Waals surface area contributed by atoms with E-state index in [2.05, 4.69) is 4.90 Å². The van der Waals surface area contributed by atoms with Crippen LogP contribution in [0.15, 0.2) is 10.5 Å². The summed E-state index contributed by atoms with van der Waals surface area (Å²) in [5.74, 6) is 1.53. The zero-order valence-electron chi connectivity index (χ0n) is 14.0. The molecule has 3 heterocycles.